The van der Waals surface area contributed by atoms with Crippen molar-refractivity contribution in [3.05, 3.63) is 75.2 Å². The summed E-state index contributed by atoms with van der Waals surface area (Å²) in [6, 6.07) is 14.3. The van der Waals surface area contributed by atoms with Crippen LogP contribution in [0.2, 0.25) is 5.02 Å². The summed E-state index contributed by atoms with van der Waals surface area (Å²) in [5.41, 5.74) is 1.27. The van der Waals surface area contributed by atoms with Crippen molar-refractivity contribution >= 4 is 40.5 Å². The van der Waals surface area contributed by atoms with E-state index in [9.17, 15) is 9.59 Å². The van der Waals surface area contributed by atoms with Crippen LogP contribution in [0.4, 0.5) is 5.69 Å². The molecule has 1 aromatic heterocycles. The van der Waals surface area contributed by atoms with Gasteiger partial charge in [-0.2, -0.15) is 0 Å². The number of hydrogen-bond acceptors (Lipinski definition) is 6. The number of nitrogens with zero attached hydrogens (tertiary/aromatic N) is 1. The number of anilines is 1. The molecule has 0 aliphatic heterocycles. The summed E-state index contributed by atoms with van der Waals surface area (Å²) in [5.74, 6) is -0.157. The normalized spacial score (nSPS) is 11.1. The Morgan fingerprint density at radius 1 is 1.10 bits per heavy atom. The van der Waals surface area contributed by atoms with Crippen LogP contribution in [0.25, 0.3) is 0 Å². The number of carbonyl (C=O) groups is 2. The molecule has 8 heteroatoms. The highest BCUT2D eigenvalue weighted by Gasteiger charge is 2.32. The number of aryl methyl sites for hydroxylation is 1. The van der Waals surface area contributed by atoms with Crippen molar-refractivity contribution in [3.63, 3.8) is 0 Å². The maximum absolute atomic E-state index is 12.5. The first-order valence-corrected chi connectivity index (χ1v) is 10.9. The van der Waals surface area contributed by atoms with Crippen molar-refractivity contribution in [2.75, 3.05) is 5.32 Å². The lowest BCUT2D eigenvalue weighted by atomic mass is 10.1. The summed E-state index contributed by atoms with van der Waals surface area (Å²) in [7, 11) is 0. The number of esters is 1. The summed E-state index contributed by atoms with van der Waals surface area (Å²) in [6.45, 7) is 5.25. The number of halogens is 1. The minimum Gasteiger partial charge on any atom is -0.476 e. The zero-order valence-corrected chi connectivity index (χ0v) is 19.0. The third-order valence-corrected chi connectivity index (χ3v) is 5.43. The predicted molar refractivity (Wildman–Crippen MR) is 122 cm³/mol. The third kappa shape index (κ3) is 6.80. The molecule has 0 aliphatic rings. The fourth-order valence-corrected chi connectivity index (χ4v) is 3.53. The van der Waals surface area contributed by atoms with Crippen molar-refractivity contribution in [1.29, 1.82) is 0 Å². The van der Waals surface area contributed by atoms with E-state index in [1.165, 1.54) is 11.3 Å². The molecule has 0 aliphatic carbocycles. The molecule has 0 radical (unpaired) electrons. The largest absolute Gasteiger partial charge is 0.476 e. The molecule has 1 N–H and O–H groups in total. The van der Waals surface area contributed by atoms with Crippen molar-refractivity contribution in [2.45, 2.75) is 39.4 Å². The van der Waals surface area contributed by atoms with Gasteiger partial charge >= 0.3 is 5.97 Å². The number of aromatic nitrogens is 1. The van der Waals surface area contributed by atoms with Gasteiger partial charge in [-0.15, -0.1) is 11.3 Å². The monoisotopic (exact) mass is 458 g/mol. The van der Waals surface area contributed by atoms with Crippen LogP contribution in [0.5, 0.6) is 5.75 Å². The van der Waals surface area contributed by atoms with E-state index in [0.29, 0.717) is 21.5 Å². The third-order valence-electron chi connectivity index (χ3n) is 4.28. The molecule has 1 heterocycles. The van der Waals surface area contributed by atoms with E-state index in [-0.39, 0.29) is 18.9 Å². The molecule has 162 valence electrons. The van der Waals surface area contributed by atoms with Crippen molar-refractivity contribution in [2.24, 2.45) is 0 Å². The SMILES string of the molecule is Cc1ccc(NC(=O)Cc2nc(COC(=O)C(C)(C)Oc3ccc(Cl)cc3)cs2)cc1. The predicted octanol–water partition coefficient (Wildman–Crippen LogP) is 5.19. The van der Waals surface area contributed by atoms with E-state index in [1.54, 1.807) is 43.5 Å². The standard InChI is InChI=1S/C23H23ClN2O4S/c1-15-4-8-17(9-5-15)25-20(27)12-21-26-18(14-31-21)13-29-22(28)23(2,3)30-19-10-6-16(24)7-11-19/h4-11,14H,12-13H2,1-3H3,(H,25,27). The maximum atomic E-state index is 12.5. The summed E-state index contributed by atoms with van der Waals surface area (Å²) in [4.78, 5) is 29.1. The van der Waals surface area contributed by atoms with Crippen molar-refractivity contribution < 1.29 is 19.1 Å². The van der Waals surface area contributed by atoms with Crippen LogP contribution in [0.3, 0.4) is 0 Å². The number of rotatable bonds is 8. The molecule has 1 amide bonds. The van der Waals surface area contributed by atoms with Crippen molar-refractivity contribution in [1.82, 2.24) is 4.98 Å². The Labute approximate surface area is 190 Å². The van der Waals surface area contributed by atoms with Crippen LogP contribution in [0.1, 0.15) is 30.1 Å². The first kappa shape index (κ1) is 22.8. The molecule has 0 atom stereocenters. The van der Waals surface area contributed by atoms with E-state index < -0.39 is 11.6 Å². The zero-order chi connectivity index (χ0) is 22.4. The number of carbonyl (C=O) groups excluding carboxylic acids is 2. The van der Waals surface area contributed by atoms with Crippen LogP contribution >= 0.6 is 22.9 Å². The molecule has 0 unspecified atom stereocenters. The first-order valence-electron chi connectivity index (χ1n) is 9.63. The molecule has 3 rings (SSSR count). The van der Waals surface area contributed by atoms with Gasteiger partial charge in [0.1, 0.15) is 17.4 Å². The van der Waals surface area contributed by atoms with Crippen LogP contribution < -0.4 is 10.1 Å². The Morgan fingerprint density at radius 3 is 2.45 bits per heavy atom. The Hall–Kier alpha value is -2.90. The summed E-state index contributed by atoms with van der Waals surface area (Å²) < 4.78 is 11.1. The Balaban J connectivity index is 1.49. The highest BCUT2D eigenvalue weighted by molar-refractivity contribution is 7.09. The molecule has 2 aromatic carbocycles. The fourth-order valence-electron chi connectivity index (χ4n) is 2.63. The van der Waals surface area contributed by atoms with E-state index >= 15 is 0 Å². The number of amides is 1. The summed E-state index contributed by atoms with van der Waals surface area (Å²) >= 11 is 7.21. The molecule has 31 heavy (non-hydrogen) atoms. The Bertz CT molecular complexity index is 1050. The Morgan fingerprint density at radius 2 is 1.77 bits per heavy atom. The average Bonchev–Trinajstić information content (AvgIpc) is 3.16. The zero-order valence-electron chi connectivity index (χ0n) is 17.5. The summed E-state index contributed by atoms with van der Waals surface area (Å²) in [5, 5.41) is 5.84. The van der Waals surface area contributed by atoms with Crippen LogP contribution in [-0.4, -0.2) is 22.5 Å². The van der Waals surface area contributed by atoms with Gasteiger partial charge in [-0.05, 0) is 57.2 Å². The van der Waals surface area contributed by atoms with Crippen molar-refractivity contribution in [3.8, 4) is 5.75 Å². The van der Waals surface area contributed by atoms with Gasteiger partial charge in [0.15, 0.2) is 5.60 Å². The molecule has 0 bridgehead atoms. The molecule has 0 saturated carbocycles. The lowest BCUT2D eigenvalue weighted by Crippen LogP contribution is -2.39. The second-order valence-electron chi connectivity index (χ2n) is 7.47. The molecule has 0 fully saturated rings. The van der Waals surface area contributed by atoms with Gasteiger partial charge in [0.25, 0.3) is 0 Å². The lowest BCUT2D eigenvalue weighted by Gasteiger charge is -2.24. The van der Waals surface area contributed by atoms with Crippen LogP contribution in [-0.2, 0) is 27.4 Å². The first-order chi connectivity index (χ1) is 14.7. The second-order valence-corrected chi connectivity index (χ2v) is 8.85. The highest BCUT2D eigenvalue weighted by atomic mass is 35.5. The number of benzene rings is 2. The Kier molecular flexibility index (Phi) is 7.30. The fraction of sp³-hybridized carbons (Fsp3) is 0.261. The molecule has 6 nitrogen and oxygen atoms in total. The van der Waals surface area contributed by atoms with Gasteiger partial charge in [-0.25, -0.2) is 9.78 Å². The van der Waals surface area contributed by atoms with E-state index in [2.05, 4.69) is 10.3 Å². The maximum Gasteiger partial charge on any atom is 0.350 e. The topological polar surface area (TPSA) is 77.5 Å². The minimum absolute atomic E-state index is 0.00230. The van der Waals surface area contributed by atoms with Crippen LogP contribution in [0, 0.1) is 6.92 Å². The molecular formula is C23H23ClN2O4S. The number of ether oxygens (including phenoxy) is 2. The molecular weight excluding hydrogens is 436 g/mol. The van der Waals surface area contributed by atoms with Gasteiger partial charge in [0.2, 0.25) is 5.91 Å². The average molecular weight is 459 g/mol. The second kappa shape index (κ2) is 9.94. The van der Waals surface area contributed by atoms with Gasteiger partial charge in [0.05, 0.1) is 12.1 Å². The lowest BCUT2D eigenvalue weighted by molar-refractivity contribution is -0.160. The molecule has 3 aromatic rings. The highest BCUT2D eigenvalue weighted by Crippen LogP contribution is 2.22. The van der Waals surface area contributed by atoms with Gasteiger partial charge < -0.3 is 14.8 Å². The summed E-state index contributed by atoms with van der Waals surface area (Å²) in [6.07, 6.45) is 0.150. The molecule has 0 saturated heterocycles. The van der Waals surface area contributed by atoms with E-state index in [0.717, 1.165) is 11.3 Å². The molecule has 0 spiro atoms. The number of nitrogens with one attached hydrogen (secondary N) is 1. The van der Waals surface area contributed by atoms with E-state index in [1.807, 2.05) is 31.2 Å². The quantitative estimate of drug-likeness (QED) is 0.470. The van der Waals surface area contributed by atoms with Gasteiger partial charge in [0, 0.05) is 16.1 Å². The van der Waals surface area contributed by atoms with Gasteiger partial charge in [-0.1, -0.05) is 29.3 Å². The van der Waals surface area contributed by atoms with Gasteiger partial charge in [-0.3, -0.25) is 4.79 Å². The van der Waals surface area contributed by atoms with E-state index in [4.69, 9.17) is 21.1 Å². The smallest absolute Gasteiger partial charge is 0.350 e. The number of hydrogen-bond donors (Lipinski definition) is 1. The number of thiazole rings is 1. The van der Waals surface area contributed by atoms with Crippen LogP contribution in [0.15, 0.2) is 53.9 Å². The minimum atomic E-state index is -1.18.